The van der Waals surface area contributed by atoms with Crippen LogP contribution in [0.3, 0.4) is 0 Å². The van der Waals surface area contributed by atoms with Crippen molar-refractivity contribution in [3.63, 3.8) is 0 Å². The lowest BCUT2D eigenvalue weighted by Crippen LogP contribution is -1.99. The Morgan fingerprint density at radius 1 is 1.33 bits per heavy atom. The summed E-state index contributed by atoms with van der Waals surface area (Å²) in [5.74, 6) is 0.325. The van der Waals surface area contributed by atoms with Gasteiger partial charge < -0.3 is 11.1 Å². The molecule has 3 N–H and O–H groups in total. The molecule has 1 aromatic carbocycles. The molecular weight excluding hydrogens is 208 g/mol. The molecule has 0 saturated carbocycles. The Bertz CT molecular complexity index is 435. The van der Waals surface area contributed by atoms with E-state index in [2.05, 4.69) is 45.9 Å². The van der Waals surface area contributed by atoms with Crippen LogP contribution in [0.4, 0.5) is 11.1 Å². The third-order valence-electron chi connectivity index (χ3n) is 2.01. The fourth-order valence-corrected chi connectivity index (χ4v) is 1.68. The molecule has 2 aromatic rings. The third-order valence-corrected chi connectivity index (χ3v) is 2.69. The molecule has 4 nitrogen and oxygen atoms in total. The van der Waals surface area contributed by atoms with Gasteiger partial charge in [-0.15, -0.1) is 0 Å². The van der Waals surface area contributed by atoms with E-state index in [1.807, 2.05) is 0 Å². The molecule has 0 saturated heterocycles. The van der Waals surface area contributed by atoms with Crippen molar-refractivity contribution in [2.75, 3.05) is 11.1 Å². The molecule has 0 aliphatic carbocycles. The van der Waals surface area contributed by atoms with Crippen LogP contribution in [0.2, 0.25) is 0 Å². The quantitative estimate of drug-likeness (QED) is 0.830. The van der Waals surface area contributed by atoms with Gasteiger partial charge in [0.25, 0.3) is 0 Å². The van der Waals surface area contributed by atoms with Gasteiger partial charge in [0.2, 0.25) is 11.1 Å². The number of nitrogens with two attached hydrogens (primary N) is 1. The molecule has 0 atom stereocenters. The van der Waals surface area contributed by atoms with Crippen molar-refractivity contribution < 1.29 is 0 Å². The van der Waals surface area contributed by atoms with Gasteiger partial charge in [-0.05, 0) is 12.5 Å². The Balaban J connectivity index is 1.96. The summed E-state index contributed by atoms with van der Waals surface area (Å²) in [5.41, 5.74) is 7.90. The summed E-state index contributed by atoms with van der Waals surface area (Å²) in [6.07, 6.45) is 0. The maximum atomic E-state index is 5.42. The van der Waals surface area contributed by atoms with Gasteiger partial charge in [0.15, 0.2) is 0 Å². The summed E-state index contributed by atoms with van der Waals surface area (Å²) in [7, 11) is 0. The Kier molecular flexibility index (Phi) is 2.82. The molecule has 0 fully saturated rings. The Labute approximate surface area is 92.3 Å². The maximum Gasteiger partial charge on any atom is 0.233 e. The smallest absolute Gasteiger partial charge is 0.233 e. The minimum absolute atomic E-state index is 0.325. The Hall–Kier alpha value is -1.62. The minimum atomic E-state index is 0.325. The van der Waals surface area contributed by atoms with E-state index in [-0.39, 0.29) is 0 Å². The van der Waals surface area contributed by atoms with Gasteiger partial charge in [0, 0.05) is 18.1 Å². The summed E-state index contributed by atoms with van der Waals surface area (Å²) < 4.78 is 3.89. The van der Waals surface area contributed by atoms with Crippen molar-refractivity contribution >= 4 is 22.6 Å². The zero-order valence-corrected chi connectivity index (χ0v) is 9.21. The number of anilines is 2. The standard InChI is InChI=1S/C10H12N4S/c1-7-2-4-8(5-3-7)6-12-10-13-9(11)14-15-10/h2-5H,6H2,1H3,(H3,11,12,13,14). The van der Waals surface area contributed by atoms with Crippen molar-refractivity contribution in [3.05, 3.63) is 35.4 Å². The topological polar surface area (TPSA) is 63.8 Å². The summed E-state index contributed by atoms with van der Waals surface area (Å²) in [6, 6.07) is 8.36. The van der Waals surface area contributed by atoms with E-state index in [0.717, 1.165) is 11.7 Å². The monoisotopic (exact) mass is 220 g/mol. The molecular formula is C10H12N4S. The van der Waals surface area contributed by atoms with Gasteiger partial charge in [-0.3, -0.25) is 0 Å². The third kappa shape index (κ3) is 2.66. The van der Waals surface area contributed by atoms with E-state index in [1.54, 1.807) is 0 Å². The first-order valence-electron chi connectivity index (χ1n) is 4.62. The first-order chi connectivity index (χ1) is 7.24. The van der Waals surface area contributed by atoms with Gasteiger partial charge in [-0.25, -0.2) is 0 Å². The van der Waals surface area contributed by atoms with Crippen molar-refractivity contribution in [1.29, 1.82) is 0 Å². The molecule has 78 valence electrons. The summed E-state index contributed by atoms with van der Waals surface area (Å²) >= 11 is 1.27. The van der Waals surface area contributed by atoms with E-state index in [9.17, 15) is 0 Å². The number of benzene rings is 1. The predicted octanol–water partition coefficient (Wildman–Crippen LogP) is 2.04. The highest BCUT2D eigenvalue weighted by Crippen LogP contribution is 2.13. The second-order valence-corrected chi connectivity index (χ2v) is 4.05. The predicted molar refractivity (Wildman–Crippen MR) is 62.8 cm³/mol. The van der Waals surface area contributed by atoms with Crippen LogP contribution in [-0.4, -0.2) is 9.36 Å². The van der Waals surface area contributed by atoms with Crippen LogP contribution in [0.15, 0.2) is 24.3 Å². The molecule has 0 amide bonds. The SMILES string of the molecule is Cc1ccc(CNc2nc(N)ns2)cc1. The number of nitrogens with one attached hydrogen (secondary N) is 1. The number of aryl methyl sites for hydroxylation is 1. The molecule has 1 heterocycles. The van der Waals surface area contributed by atoms with Gasteiger partial charge in [0.05, 0.1) is 0 Å². The molecule has 15 heavy (non-hydrogen) atoms. The molecule has 5 heteroatoms. The van der Waals surface area contributed by atoms with Crippen LogP contribution in [0.1, 0.15) is 11.1 Å². The van der Waals surface area contributed by atoms with Gasteiger partial charge in [-0.1, -0.05) is 29.8 Å². The van der Waals surface area contributed by atoms with Crippen molar-refractivity contribution in [1.82, 2.24) is 9.36 Å². The molecule has 0 bridgehead atoms. The van der Waals surface area contributed by atoms with E-state index in [1.165, 1.54) is 22.7 Å². The zero-order chi connectivity index (χ0) is 10.7. The van der Waals surface area contributed by atoms with E-state index in [0.29, 0.717) is 5.95 Å². The normalized spacial score (nSPS) is 10.2. The average molecular weight is 220 g/mol. The van der Waals surface area contributed by atoms with Crippen LogP contribution in [0.5, 0.6) is 0 Å². The minimum Gasteiger partial charge on any atom is -0.367 e. The molecule has 0 spiro atoms. The van der Waals surface area contributed by atoms with Gasteiger partial charge in [0.1, 0.15) is 0 Å². The summed E-state index contributed by atoms with van der Waals surface area (Å²) in [6.45, 7) is 2.82. The highest BCUT2D eigenvalue weighted by Gasteiger charge is 1.99. The number of nitrogen functional groups attached to an aromatic ring is 1. The largest absolute Gasteiger partial charge is 0.367 e. The molecule has 0 aliphatic rings. The Morgan fingerprint density at radius 2 is 2.07 bits per heavy atom. The first-order valence-corrected chi connectivity index (χ1v) is 5.40. The number of aromatic nitrogens is 2. The van der Waals surface area contributed by atoms with Crippen molar-refractivity contribution in [2.24, 2.45) is 0 Å². The fraction of sp³-hybridized carbons (Fsp3) is 0.200. The second-order valence-electron chi connectivity index (χ2n) is 3.30. The van der Waals surface area contributed by atoms with Gasteiger partial charge in [-0.2, -0.15) is 9.36 Å². The van der Waals surface area contributed by atoms with Crippen molar-refractivity contribution in [2.45, 2.75) is 13.5 Å². The molecule has 0 aliphatic heterocycles. The van der Waals surface area contributed by atoms with Crippen LogP contribution < -0.4 is 11.1 Å². The van der Waals surface area contributed by atoms with Crippen molar-refractivity contribution in [3.8, 4) is 0 Å². The van der Waals surface area contributed by atoms with Crippen LogP contribution in [0.25, 0.3) is 0 Å². The van der Waals surface area contributed by atoms with Crippen LogP contribution >= 0.6 is 11.5 Å². The number of rotatable bonds is 3. The van der Waals surface area contributed by atoms with E-state index < -0.39 is 0 Å². The number of hydrogen-bond acceptors (Lipinski definition) is 5. The van der Waals surface area contributed by atoms with Crippen LogP contribution in [-0.2, 0) is 6.54 Å². The van der Waals surface area contributed by atoms with Gasteiger partial charge >= 0.3 is 0 Å². The van der Waals surface area contributed by atoms with Crippen LogP contribution in [0, 0.1) is 6.92 Å². The first kappa shape index (κ1) is 9.92. The summed E-state index contributed by atoms with van der Waals surface area (Å²) in [5, 5.41) is 3.92. The second kappa shape index (κ2) is 4.27. The lowest BCUT2D eigenvalue weighted by molar-refractivity contribution is 1.13. The lowest BCUT2D eigenvalue weighted by Gasteiger charge is -2.02. The number of nitrogens with zero attached hydrogens (tertiary/aromatic N) is 2. The number of hydrogen-bond donors (Lipinski definition) is 2. The van der Waals surface area contributed by atoms with E-state index >= 15 is 0 Å². The highest BCUT2D eigenvalue weighted by atomic mass is 32.1. The lowest BCUT2D eigenvalue weighted by atomic mass is 10.1. The summed E-state index contributed by atoms with van der Waals surface area (Å²) in [4.78, 5) is 4.02. The fourth-order valence-electron chi connectivity index (χ4n) is 1.19. The molecule has 0 radical (unpaired) electrons. The highest BCUT2D eigenvalue weighted by molar-refractivity contribution is 7.09. The average Bonchev–Trinajstić information content (AvgIpc) is 2.64. The molecule has 2 rings (SSSR count). The zero-order valence-electron chi connectivity index (χ0n) is 8.40. The molecule has 0 unspecified atom stereocenters. The van der Waals surface area contributed by atoms with E-state index in [4.69, 9.17) is 5.73 Å². The Morgan fingerprint density at radius 3 is 2.67 bits per heavy atom. The molecule has 1 aromatic heterocycles. The maximum absolute atomic E-state index is 5.42.